The molecule has 2 aromatic carbocycles. The SMILES string of the molecule is Cn1c(=O)n(CC(=O)Nc2cc(Cl)ccc2OCC(F)(F)F)c2ccccc21. The molecule has 1 amide bonds. The van der Waals surface area contributed by atoms with Gasteiger partial charge in [0.2, 0.25) is 5.91 Å². The maximum absolute atomic E-state index is 12.5. The fourth-order valence-electron chi connectivity index (χ4n) is 2.73. The number of anilines is 1. The first-order valence-corrected chi connectivity index (χ1v) is 8.47. The van der Waals surface area contributed by atoms with Crippen molar-refractivity contribution in [2.24, 2.45) is 7.05 Å². The first-order valence-electron chi connectivity index (χ1n) is 8.09. The number of aromatic nitrogens is 2. The molecule has 148 valence electrons. The number of fused-ring (bicyclic) bond motifs is 1. The number of carbonyl (C=O) groups excluding carboxylic acids is 1. The lowest BCUT2D eigenvalue weighted by atomic mass is 10.3. The zero-order valence-electron chi connectivity index (χ0n) is 14.6. The van der Waals surface area contributed by atoms with E-state index in [0.29, 0.717) is 11.0 Å². The summed E-state index contributed by atoms with van der Waals surface area (Å²) in [6.07, 6.45) is -4.53. The molecule has 6 nitrogen and oxygen atoms in total. The number of carbonyl (C=O) groups is 1. The van der Waals surface area contributed by atoms with Gasteiger partial charge in [0.15, 0.2) is 6.61 Å². The smallest absolute Gasteiger partial charge is 0.422 e. The van der Waals surface area contributed by atoms with Crippen LogP contribution < -0.4 is 15.7 Å². The molecule has 28 heavy (non-hydrogen) atoms. The molecule has 0 atom stereocenters. The van der Waals surface area contributed by atoms with Crippen LogP contribution in [0.5, 0.6) is 5.75 Å². The van der Waals surface area contributed by atoms with Gasteiger partial charge in [0.1, 0.15) is 12.3 Å². The summed E-state index contributed by atoms with van der Waals surface area (Å²) in [6, 6.07) is 10.8. The van der Waals surface area contributed by atoms with Gasteiger partial charge in [-0.05, 0) is 30.3 Å². The second-order valence-corrected chi connectivity index (χ2v) is 6.45. The number of aryl methyl sites for hydroxylation is 1. The number of imidazole rings is 1. The van der Waals surface area contributed by atoms with Gasteiger partial charge in [-0.2, -0.15) is 13.2 Å². The number of benzene rings is 2. The van der Waals surface area contributed by atoms with E-state index in [4.69, 9.17) is 16.3 Å². The Morgan fingerprint density at radius 1 is 1.18 bits per heavy atom. The second-order valence-electron chi connectivity index (χ2n) is 6.01. The summed E-state index contributed by atoms with van der Waals surface area (Å²) < 4.78 is 44.7. The number of para-hydroxylation sites is 2. The Morgan fingerprint density at radius 2 is 1.86 bits per heavy atom. The predicted molar refractivity (Wildman–Crippen MR) is 98.8 cm³/mol. The molecule has 0 saturated carbocycles. The maximum Gasteiger partial charge on any atom is 0.422 e. The number of alkyl halides is 3. The summed E-state index contributed by atoms with van der Waals surface area (Å²) in [6.45, 7) is -1.84. The van der Waals surface area contributed by atoms with Crippen LogP contribution in [-0.2, 0) is 18.4 Å². The summed E-state index contributed by atoms with van der Waals surface area (Å²) in [7, 11) is 1.58. The van der Waals surface area contributed by atoms with Gasteiger partial charge < -0.3 is 10.1 Å². The molecule has 1 heterocycles. The number of amides is 1. The number of rotatable bonds is 5. The van der Waals surface area contributed by atoms with E-state index in [1.54, 1.807) is 31.3 Å². The minimum Gasteiger partial charge on any atom is -0.482 e. The first-order chi connectivity index (χ1) is 13.2. The van der Waals surface area contributed by atoms with E-state index in [1.807, 2.05) is 0 Å². The van der Waals surface area contributed by atoms with Crippen molar-refractivity contribution < 1.29 is 22.7 Å². The average Bonchev–Trinajstić information content (AvgIpc) is 2.85. The number of ether oxygens (including phenoxy) is 1. The normalized spacial score (nSPS) is 11.6. The molecule has 1 N–H and O–H groups in total. The molecule has 0 saturated heterocycles. The van der Waals surface area contributed by atoms with E-state index < -0.39 is 24.4 Å². The molecule has 0 aliphatic rings. The number of hydrogen-bond acceptors (Lipinski definition) is 3. The summed E-state index contributed by atoms with van der Waals surface area (Å²) >= 11 is 5.87. The standard InChI is InChI=1S/C18H15ClF3N3O3/c1-24-13-4-2-3-5-14(13)25(17(24)27)9-16(26)23-12-8-11(19)6-7-15(12)28-10-18(20,21)22/h2-8H,9-10H2,1H3,(H,23,26). The Hall–Kier alpha value is -2.94. The van der Waals surface area contributed by atoms with Gasteiger partial charge in [0.05, 0.1) is 16.7 Å². The highest BCUT2D eigenvalue weighted by Gasteiger charge is 2.29. The molecule has 0 bridgehead atoms. The fraction of sp³-hybridized carbons (Fsp3) is 0.222. The highest BCUT2D eigenvalue weighted by molar-refractivity contribution is 6.31. The van der Waals surface area contributed by atoms with E-state index in [2.05, 4.69) is 5.32 Å². The van der Waals surface area contributed by atoms with Crippen molar-refractivity contribution in [2.75, 3.05) is 11.9 Å². The Bertz CT molecular complexity index is 1090. The number of nitrogens with zero attached hydrogens (tertiary/aromatic N) is 2. The minimum atomic E-state index is -4.53. The third-order valence-corrected chi connectivity index (χ3v) is 4.20. The van der Waals surface area contributed by atoms with E-state index >= 15 is 0 Å². The maximum atomic E-state index is 12.5. The highest BCUT2D eigenvalue weighted by Crippen LogP contribution is 2.29. The van der Waals surface area contributed by atoms with Gasteiger partial charge in [-0.1, -0.05) is 23.7 Å². The molecular weight excluding hydrogens is 399 g/mol. The van der Waals surface area contributed by atoms with Crippen LogP contribution in [0.1, 0.15) is 0 Å². The van der Waals surface area contributed by atoms with Crippen molar-refractivity contribution in [3.8, 4) is 5.75 Å². The van der Waals surface area contributed by atoms with Gasteiger partial charge in [0, 0.05) is 12.1 Å². The molecular formula is C18H15ClF3N3O3. The van der Waals surface area contributed by atoms with Gasteiger partial charge >= 0.3 is 11.9 Å². The van der Waals surface area contributed by atoms with Crippen molar-refractivity contribution in [1.82, 2.24) is 9.13 Å². The van der Waals surface area contributed by atoms with Crippen LogP contribution in [0.3, 0.4) is 0 Å². The summed E-state index contributed by atoms with van der Waals surface area (Å²) in [5.41, 5.74) is 0.799. The lowest BCUT2D eigenvalue weighted by molar-refractivity contribution is -0.153. The van der Waals surface area contributed by atoms with Crippen molar-refractivity contribution in [3.05, 3.63) is 58.0 Å². The minimum absolute atomic E-state index is 0.0185. The molecule has 0 aliphatic heterocycles. The largest absolute Gasteiger partial charge is 0.482 e. The zero-order chi connectivity index (χ0) is 20.5. The van der Waals surface area contributed by atoms with Crippen LogP contribution in [0.15, 0.2) is 47.3 Å². The molecule has 0 aliphatic carbocycles. The average molecular weight is 414 g/mol. The van der Waals surface area contributed by atoms with Crippen LogP contribution in [0.4, 0.5) is 18.9 Å². The van der Waals surface area contributed by atoms with Crippen molar-refractivity contribution >= 4 is 34.2 Å². The molecule has 0 fully saturated rings. The first kappa shape index (κ1) is 19.8. The Kier molecular flexibility index (Phi) is 5.37. The van der Waals surface area contributed by atoms with Crippen LogP contribution in [0.2, 0.25) is 5.02 Å². The molecule has 0 unspecified atom stereocenters. The van der Waals surface area contributed by atoms with Crippen molar-refractivity contribution in [2.45, 2.75) is 12.7 Å². The van der Waals surface area contributed by atoms with Gasteiger partial charge in [-0.3, -0.25) is 13.9 Å². The number of nitrogens with one attached hydrogen (secondary N) is 1. The van der Waals surface area contributed by atoms with E-state index in [9.17, 15) is 22.8 Å². The van der Waals surface area contributed by atoms with Crippen LogP contribution in [0, 0.1) is 0 Å². The molecule has 0 radical (unpaired) electrons. The number of hydrogen-bond donors (Lipinski definition) is 1. The van der Waals surface area contributed by atoms with Gasteiger partial charge in [-0.15, -0.1) is 0 Å². The predicted octanol–water partition coefficient (Wildman–Crippen LogP) is 3.57. The summed E-state index contributed by atoms with van der Waals surface area (Å²) in [5.74, 6) is -0.794. The quantitative estimate of drug-likeness (QED) is 0.695. The molecule has 3 rings (SSSR count). The third kappa shape index (κ3) is 4.30. The van der Waals surface area contributed by atoms with Gasteiger partial charge in [-0.25, -0.2) is 4.79 Å². The van der Waals surface area contributed by atoms with Crippen LogP contribution >= 0.6 is 11.6 Å². The Balaban J connectivity index is 1.84. The van der Waals surface area contributed by atoms with Gasteiger partial charge in [0.25, 0.3) is 0 Å². The monoisotopic (exact) mass is 413 g/mol. The second kappa shape index (κ2) is 7.59. The van der Waals surface area contributed by atoms with Crippen LogP contribution in [-0.4, -0.2) is 27.8 Å². The Labute approximate surface area is 162 Å². The zero-order valence-corrected chi connectivity index (χ0v) is 15.3. The van der Waals surface area contributed by atoms with E-state index in [-0.39, 0.29) is 23.0 Å². The topological polar surface area (TPSA) is 65.3 Å². The van der Waals surface area contributed by atoms with E-state index in [0.717, 1.165) is 0 Å². The van der Waals surface area contributed by atoms with Crippen molar-refractivity contribution in [1.29, 1.82) is 0 Å². The fourth-order valence-corrected chi connectivity index (χ4v) is 2.91. The van der Waals surface area contributed by atoms with Crippen molar-refractivity contribution in [3.63, 3.8) is 0 Å². The summed E-state index contributed by atoms with van der Waals surface area (Å²) in [4.78, 5) is 24.8. The lowest BCUT2D eigenvalue weighted by Crippen LogP contribution is -2.28. The molecule has 10 heteroatoms. The lowest BCUT2D eigenvalue weighted by Gasteiger charge is -2.14. The molecule has 3 aromatic rings. The number of halogens is 4. The molecule has 0 spiro atoms. The summed E-state index contributed by atoms with van der Waals surface area (Å²) in [5, 5.41) is 2.66. The van der Waals surface area contributed by atoms with Crippen LogP contribution in [0.25, 0.3) is 11.0 Å². The Morgan fingerprint density at radius 3 is 2.54 bits per heavy atom. The molecule has 1 aromatic heterocycles. The third-order valence-electron chi connectivity index (χ3n) is 3.96. The highest BCUT2D eigenvalue weighted by atomic mass is 35.5. The van der Waals surface area contributed by atoms with E-state index in [1.165, 1.54) is 27.3 Å².